The quantitative estimate of drug-likeness (QED) is 0.564. The average molecular weight is 156 g/mol. The van der Waals surface area contributed by atoms with E-state index >= 15 is 0 Å². The van der Waals surface area contributed by atoms with Gasteiger partial charge in [-0.2, -0.15) is 0 Å². The second-order valence-corrected chi connectivity index (χ2v) is 3.17. The summed E-state index contributed by atoms with van der Waals surface area (Å²) in [5.41, 5.74) is 0. The Morgan fingerprint density at radius 3 is 2.91 bits per heavy atom. The Bertz CT molecular complexity index is 140. The fourth-order valence-electron chi connectivity index (χ4n) is 1.37. The third kappa shape index (κ3) is 3.42. The number of allylic oxidation sites excluding steroid dienone is 2. The van der Waals surface area contributed by atoms with E-state index in [0.29, 0.717) is 5.76 Å². The van der Waals surface area contributed by atoms with Gasteiger partial charge < -0.3 is 10.2 Å². The molecular weight excluding hydrogens is 140 g/mol. The van der Waals surface area contributed by atoms with E-state index in [2.05, 4.69) is 0 Å². The first-order valence-corrected chi connectivity index (χ1v) is 4.35. The van der Waals surface area contributed by atoms with Crippen LogP contribution in [0.15, 0.2) is 11.8 Å². The van der Waals surface area contributed by atoms with Gasteiger partial charge in [-0.3, -0.25) is 0 Å². The minimum atomic E-state index is -0.155. The molecule has 1 atom stereocenters. The number of aliphatic hydroxyl groups excluding tert-OH is 2. The fourth-order valence-corrected chi connectivity index (χ4v) is 1.37. The highest BCUT2D eigenvalue weighted by Gasteiger charge is 2.05. The standard InChI is InChI=1S/C9H16O2/c10-8-4-1-2-5-9(11)7-3-6-8/h6,9-11H,1-5,7H2/b8-6+. The molecule has 2 nitrogen and oxygen atoms in total. The molecule has 0 spiro atoms. The normalized spacial score (nSPS) is 32.8. The number of rotatable bonds is 0. The Hall–Kier alpha value is -0.500. The van der Waals surface area contributed by atoms with Gasteiger partial charge in [-0.05, 0) is 31.8 Å². The molecule has 1 aliphatic carbocycles. The Labute approximate surface area is 67.6 Å². The van der Waals surface area contributed by atoms with Crippen LogP contribution >= 0.6 is 0 Å². The lowest BCUT2D eigenvalue weighted by atomic mass is 10.1. The summed E-state index contributed by atoms with van der Waals surface area (Å²) in [7, 11) is 0. The monoisotopic (exact) mass is 156 g/mol. The molecule has 0 aliphatic heterocycles. The summed E-state index contributed by atoms with van der Waals surface area (Å²) in [5, 5.41) is 18.5. The van der Waals surface area contributed by atoms with Crippen LogP contribution in [0.1, 0.15) is 38.5 Å². The topological polar surface area (TPSA) is 40.5 Å². The van der Waals surface area contributed by atoms with E-state index in [1.165, 1.54) is 0 Å². The number of hydrogen-bond donors (Lipinski definition) is 2. The van der Waals surface area contributed by atoms with Crippen molar-refractivity contribution in [1.29, 1.82) is 0 Å². The lowest BCUT2D eigenvalue weighted by Gasteiger charge is -2.05. The first kappa shape index (κ1) is 8.60. The first-order valence-electron chi connectivity index (χ1n) is 4.35. The molecule has 0 aromatic carbocycles. The smallest absolute Gasteiger partial charge is 0.0882 e. The van der Waals surface area contributed by atoms with Crippen LogP contribution in [-0.4, -0.2) is 16.3 Å². The molecule has 0 heterocycles. The van der Waals surface area contributed by atoms with Gasteiger partial charge in [0.1, 0.15) is 0 Å². The molecule has 0 aromatic heterocycles. The molecule has 0 saturated carbocycles. The van der Waals surface area contributed by atoms with Gasteiger partial charge in [-0.1, -0.05) is 6.42 Å². The van der Waals surface area contributed by atoms with Gasteiger partial charge in [0.05, 0.1) is 11.9 Å². The molecule has 0 aromatic rings. The highest BCUT2D eigenvalue weighted by Crippen LogP contribution is 2.15. The Kier molecular flexibility index (Phi) is 3.43. The first-order chi connectivity index (χ1) is 5.29. The lowest BCUT2D eigenvalue weighted by Crippen LogP contribution is -2.04. The molecular formula is C9H16O2. The highest BCUT2D eigenvalue weighted by atomic mass is 16.3. The number of aliphatic hydroxyl groups is 2. The van der Waals surface area contributed by atoms with Gasteiger partial charge in [-0.25, -0.2) is 0 Å². The molecule has 64 valence electrons. The van der Waals surface area contributed by atoms with Crippen LogP contribution < -0.4 is 0 Å². The van der Waals surface area contributed by atoms with Crippen molar-refractivity contribution in [3.8, 4) is 0 Å². The summed E-state index contributed by atoms with van der Waals surface area (Å²) < 4.78 is 0. The molecule has 0 fully saturated rings. The second kappa shape index (κ2) is 4.39. The maximum absolute atomic E-state index is 9.31. The van der Waals surface area contributed by atoms with Gasteiger partial charge in [0.25, 0.3) is 0 Å². The van der Waals surface area contributed by atoms with Gasteiger partial charge in [-0.15, -0.1) is 0 Å². The molecule has 1 rings (SSSR count). The summed E-state index contributed by atoms with van der Waals surface area (Å²) in [5.74, 6) is 0.499. The predicted octanol–water partition coefficient (Wildman–Crippen LogP) is 2.14. The molecule has 2 N–H and O–H groups in total. The van der Waals surface area contributed by atoms with Crippen LogP contribution in [0.5, 0.6) is 0 Å². The van der Waals surface area contributed by atoms with Crippen molar-refractivity contribution in [1.82, 2.24) is 0 Å². The highest BCUT2D eigenvalue weighted by molar-refractivity contribution is 4.91. The van der Waals surface area contributed by atoms with Crippen molar-refractivity contribution < 1.29 is 10.2 Å². The molecule has 1 aliphatic rings. The van der Waals surface area contributed by atoms with Crippen molar-refractivity contribution in [3.63, 3.8) is 0 Å². The van der Waals surface area contributed by atoms with Gasteiger partial charge in [0.15, 0.2) is 0 Å². The summed E-state index contributed by atoms with van der Waals surface area (Å²) in [4.78, 5) is 0. The van der Waals surface area contributed by atoms with E-state index in [9.17, 15) is 10.2 Å². The maximum Gasteiger partial charge on any atom is 0.0882 e. The molecule has 2 heteroatoms. The minimum Gasteiger partial charge on any atom is -0.513 e. The Morgan fingerprint density at radius 1 is 1.27 bits per heavy atom. The van der Waals surface area contributed by atoms with Crippen molar-refractivity contribution in [2.45, 2.75) is 44.6 Å². The Morgan fingerprint density at radius 2 is 2.09 bits per heavy atom. The van der Waals surface area contributed by atoms with Crippen molar-refractivity contribution in [2.24, 2.45) is 0 Å². The zero-order chi connectivity index (χ0) is 8.10. The molecule has 0 bridgehead atoms. The van der Waals surface area contributed by atoms with Crippen LogP contribution in [0.4, 0.5) is 0 Å². The molecule has 0 radical (unpaired) electrons. The van der Waals surface area contributed by atoms with E-state index in [-0.39, 0.29) is 6.10 Å². The summed E-state index contributed by atoms with van der Waals surface area (Å²) in [6, 6.07) is 0. The third-order valence-electron chi connectivity index (χ3n) is 2.10. The van der Waals surface area contributed by atoms with Gasteiger partial charge in [0.2, 0.25) is 0 Å². The largest absolute Gasteiger partial charge is 0.513 e. The van der Waals surface area contributed by atoms with Gasteiger partial charge in [0, 0.05) is 6.42 Å². The fraction of sp³-hybridized carbons (Fsp3) is 0.778. The third-order valence-corrected chi connectivity index (χ3v) is 2.10. The zero-order valence-corrected chi connectivity index (χ0v) is 6.79. The van der Waals surface area contributed by atoms with Crippen molar-refractivity contribution in [3.05, 3.63) is 11.8 Å². The number of hydrogen-bond acceptors (Lipinski definition) is 2. The van der Waals surface area contributed by atoms with E-state index in [0.717, 1.165) is 38.5 Å². The van der Waals surface area contributed by atoms with Crippen LogP contribution in [0.25, 0.3) is 0 Å². The van der Waals surface area contributed by atoms with Crippen LogP contribution in [-0.2, 0) is 0 Å². The van der Waals surface area contributed by atoms with E-state index in [4.69, 9.17) is 0 Å². The van der Waals surface area contributed by atoms with Gasteiger partial charge >= 0.3 is 0 Å². The maximum atomic E-state index is 9.31. The average Bonchev–Trinajstić information content (AvgIpc) is 2.04. The molecule has 11 heavy (non-hydrogen) atoms. The van der Waals surface area contributed by atoms with Crippen molar-refractivity contribution >= 4 is 0 Å². The van der Waals surface area contributed by atoms with Crippen LogP contribution in [0.2, 0.25) is 0 Å². The molecule has 1 unspecified atom stereocenters. The van der Waals surface area contributed by atoms with Crippen LogP contribution in [0, 0.1) is 0 Å². The zero-order valence-electron chi connectivity index (χ0n) is 6.79. The van der Waals surface area contributed by atoms with E-state index in [1.807, 2.05) is 6.08 Å². The summed E-state index contributed by atoms with van der Waals surface area (Å²) in [6.45, 7) is 0. The van der Waals surface area contributed by atoms with Crippen LogP contribution in [0.3, 0.4) is 0 Å². The second-order valence-electron chi connectivity index (χ2n) is 3.17. The molecule has 0 saturated heterocycles. The molecule has 0 amide bonds. The lowest BCUT2D eigenvalue weighted by molar-refractivity contribution is 0.153. The van der Waals surface area contributed by atoms with Crippen molar-refractivity contribution in [2.75, 3.05) is 0 Å². The van der Waals surface area contributed by atoms with E-state index < -0.39 is 0 Å². The SMILES string of the molecule is O/C1=C/CCC(O)CCCC1. The summed E-state index contributed by atoms with van der Waals surface area (Å²) >= 11 is 0. The minimum absolute atomic E-state index is 0.155. The summed E-state index contributed by atoms with van der Waals surface area (Å²) in [6.07, 6.45) is 6.98. The van der Waals surface area contributed by atoms with E-state index in [1.54, 1.807) is 0 Å². The predicted molar refractivity (Wildman–Crippen MR) is 44.4 cm³/mol. The Balaban J connectivity index is 2.37.